The Morgan fingerprint density at radius 2 is 2.09 bits per heavy atom. The van der Waals surface area contributed by atoms with Crippen molar-refractivity contribution in [3.63, 3.8) is 0 Å². The van der Waals surface area contributed by atoms with E-state index in [0.717, 1.165) is 17.9 Å². The van der Waals surface area contributed by atoms with Crippen LogP contribution in [0.4, 0.5) is 0 Å². The fraction of sp³-hybridized carbons (Fsp3) is 0.400. The first-order valence-electron chi connectivity index (χ1n) is 6.98. The lowest BCUT2D eigenvalue weighted by Crippen LogP contribution is -2.28. The molecule has 0 unspecified atom stereocenters. The Morgan fingerprint density at radius 1 is 1.41 bits per heavy atom. The second-order valence-corrected chi connectivity index (χ2v) is 7.47. The van der Waals surface area contributed by atoms with Gasteiger partial charge in [-0.2, -0.15) is 0 Å². The lowest BCUT2D eigenvalue weighted by atomic mass is 10.2. The molecule has 120 valence electrons. The molecular formula is C15H20ClN3O2S. The van der Waals surface area contributed by atoms with Crippen LogP contribution in [0, 0.1) is 6.92 Å². The topological polar surface area (TPSA) is 63.5 Å². The number of hydrogen-bond donors (Lipinski definition) is 1. The SMILES string of the molecule is CCNC(Cn1c(C)c(S(C)(=O)=O)c2cccc(Cl)c21)=NC. The van der Waals surface area contributed by atoms with Gasteiger partial charge < -0.3 is 9.88 Å². The van der Waals surface area contributed by atoms with Gasteiger partial charge in [-0.1, -0.05) is 23.7 Å². The minimum absolute atomic E-state index is 0.331. The van der Waals surface area contributed by atoms with Crippen molar-refractivity contribution in [3.05, 3.63) is 28.9 Å². The van der Waals surface area contributed by atoms with Crippen molar-refractivity contribution >= 4 is 38.2 Å². The monoisotopic (exact) mass is 341 g/mol. The molecule has 0 aliphatic heterocycles. The molecule has 5 nitrogen and oxygen atoms in total. The van der Waals surface area contributed by atoms with E-state index in [-0.39, 0.29) is 0 Å². The molecule has 1 aromatic heterocycles. The number of benzene rings is 1. The molecule has 2 aromatic rings. The molecule has 0 saturated carbocycles. The van der Waals surface area contributed by atoms with Gasteiger partial charge in [0.25, 0.3) is 0 Å². The van der Waals surface area contributed by atoms with Crippen LogP contribution >= 0.6 is 11.6 Å². The van der Waals surface area contributed by atoms with Crippen molar-refractivity contribution in [2.45, 2.75) is 25.3 Å². The first-order valence-corrected chi connectivity index (χ1v) is 9.25. The second kappa shape index (κ2) is 6.30. The van der Waals surface area contributed by atoms with Crippen LogP contribution in [0.2, 0.25) is 5.02 Å². The van der Waals surface area contributed by atoms with Crippen LogP contribution in [0.15, 0.2) is 28.1 Å². The Bertz CT molecular complexity index is 838. The van der Waals surface area contributed by atoms with Gasteiger partial charge in [0, 0.05) is 30.9 Å². The number of rotatable bonds is 4. The van der Waals surface area contributed by atoms with Crippen LogP contribution in [0.1, 0.15) is 12.6 Å². The minimum atomic E-state index is -3.35. The van der Waals surface area contributed by atoms with Gasteiger partial charge in [0.05, 0.1) is 22.0 Å². The van der Waals surface area contributed by atoms with Crippen molar-refractivity contribution < 1.29 is 8.42 Å². The number of sulfone groups is 1. The number of hydrogen-bond acceptors (Lipinski definition) is 3. The average molecular weight is 342 g/mol. The zero-order valence-electron chi connectivity index (χ0n) is 13.1. The maximum Gasteiger partial charge on any atom is 0.177 e. The third-order valence-corrected chi connectivity index (χ3v) is 5.13. The van der Waals surface area contributed by atoms with Gasteiger partial charge in [-0.3, -0.25) is 4.99 Å². The van der Waals surface area contributed by atoms with Gasteiger partial charge in [-0.15, -0.1) is 0 Å². The zero-order chi connectivity index (χ0) is 16.5. The summed E-state index contributed by atoms with van der Waals surface area (Å²) in [5, 5.41) is 4.36. The van der Waals surface area contributed by atoms with Crippen LogP contribution in [0.3, 0.4) is 0 Å². The van der Waals surface area contributed by atoms with Crippen molar-refractivity contribution in [2.75, 3.05) is 19.8 Å². The van der Waals surface area contributed by atoms with Crippen molar-refractivity contribution in [2.24, 2.45) is 4.99 Å². The highest BCUT2D eigenvalue weighted by Crippen LogP contribution is 2.34. The average Bonchev–Trinajstić information content (AvgIpc) is 2.71. The molecule has 0 atom stereocenters. The normalized spacial score (nSPS) is 12.9. The predicted octanol–water partition coefficient (Wildman–Crippen LogP) is 2.64. The number of nitrogens with zero attached hydrogens (tertiary/aromatic N) is 2. The number of fused-ring (bicyclic) bond motifs is 1. The lowest BCUT2D eigenvalue weighted by molar-refractivity contribution is 0.601. The summed E-state index contributed by atoms with van der Waals surface area (Å²) in [6.07, 6.45) is 1.22. The molecule has 0 aliphatic carbocycles. The van der Waals surface area contributed by atoms with Crippen LogP contribution in [-0.4, -0.2) is 38.7 Å². The summed E-state index contributed by atoms with van der Waals surface area (Å²) < 4.78 is 26.2. The second-order valence-electron chi connectivity index (χ2n) is 5.11. The standard InChI is InChI=1S/C15H20ClN3O2S/c1-5-18-13(17-3)9-19-10(2)15(22(4,20)21)11-7-6-8-12(16)14(11)19/h6-8H,5,9H2,1-4H3,(H,17,18). The molecule has 0 aliphatic rings. The van der Waals surface area contributed by atoms with E-state index >= 15 is 0 Å². The summed E-state index contributed by atoms with van der Waals surface area (Å²) >= 11 is 6.33. The zero-order valence-corrected chi connectivity index (χ0v) is 14.7. The van der Waals surface area contributed by atoms with Gasteiger partial charge in [0.15, 0.2) is 9.84 Å². The Morgan fingerprint density at radius 3 is 2.64 bits per heavy atom. The van der Waals surface area contributed by atoms with E-state index in [1.54, 1.807) is 32.2 Å². The molecule has 22 heavy (non-hydrogen) atoms. The Kier molecular flexibility index (Phi) is 4.82. The Labute approximate surface area is 135 Å². The quantitative estimate of drug-likeness (QED) is 0.687. The van der Waals surface area contributed by atoms with E-state index < -0.39 is 9.84 Å². The van der Waals surface area contributed by atoms with E-state index in [9.17, 15) is 8.42 Å². The number of nitrogens with one attached hydrogen (secondary N) is 1. The summed E-state index contributed by atoms with van der Waals surface area (Å²) in [5.74, 6) is 0.780. The molecule has 0 saturated heterocycles. The molecule has 1 aromatic carbocycles. The number of halogens is 1. The third-order valence-electron chi connectivity index (χ3n) is 3.56. The minimum Gasteiger partial charge on any atom is -0.373 e. The Hall–Kier alpha value is -1.53. The molecule has 0 fully saturated rings. The molecule has 0 spiro atoms. The maximum atomic E-state index is 12.2. The van der Waals surface area contributed by atoms with E-state index in [4.69, 9.17) is 11.6 Å². The summed E-state index contributed by atoms with van der Waals surface area (Å²) in [6, 6.07) is 5.32. The number of aliphatic imine (C=N–C) groups is 1. The lowest BCUT2D eigenvalue weighted by Gasteiger charge is -2.12. The summed E-state index contributed by atoms with van der Waals surface area (Å²) in [5.41, 5.74) is 1.39. The van der Waals surface area contributed by atoms with E-state index in [1.165, 1.54) is 6.26 Å². The number of aromatic nitrogens is 1. The number of para-hydroxylation sites is 1. The molecule has 7 heteroatoms. The number of amidine groups is 1. The van der Waals surface area contributed by atoms with Crippen LogP contribution in [0.5, 0.6) is 0 Å². The molecule has 2 rings (SSSR count). The highest BCUT2D eigenvalue weighted by Gasteiger charge is 2.23. The maximum absolute atomic E-state index is 12.2. The fourth-order valence-electron chi connectivity index (χ4n) is 2.68. The summed E-state index contributed by atoms with van der Waals surface area (Å²) in [7, 11) is -1.64. The molecule has 0 amide bonds. The first-order chi connectivity index (χ1) is 10.3. The van der Waals surface area contributed by atoms with Gasteiger partial charge in [-0.05, 0) is 19.9 Å². The van der Waals surface area contributed by atoms with Gasteiger partial charge in [0.2, 0.25) is 0 Å². The molecule has 0 bridgehead atoms. The summed E-state index contributed by atoms with van der Waals surface area (Å²) in [4.78, 5) is 4.54. The van der Waals surface area contributed by atoms with Gasteiger partial charge in [0.1, 0.15) is 5.84 Å². The van der Waals surface area contributed by atoms with Crippen LogP contribution in [-0.2, 0) is 16.4 Å². The van der Waals surface area contributed by atoms with E-state index in [1.807, 2.05) is 11.5 Å². The molecular weight excluding hydrogens is 322 g/mol. The summed E-state index contributed by atoms with van der Waals surface area (Å²) in [6.45, 7) is 4.98. The molecule has 0 radical (unpaired) electrons. The molecule has 1 N–H and O–H groups in total. The van der Waals surface area contributed by atoms with Crippen LogP contribution in [0.25, 0.3) is 10.9 Å². The highest BCUT2D eigenvalue weighted by atomic mass is 35.5. The van der Waals surface area contributed by atoms with E-state index in [2.05, 4.69) is 10.3 Å². The first kappa shape index (κ1) is 16.8. The highest BCUT2D eigenvalue weighted by molar-refractivity contribution is 7.91. The molecule has 1 heterocycles. The largest absolute Gasteiger partial charge is 0.373 e. The van der Waals surface area contributed by atoms with E-state index in [0.29, 0.717) is 27.5 Å². The Balaban J connectivity index is 2.77. The smallest absolute Gasteiger partial charge is 0.177 e. The van der Waals surface area contributed by atoms with Crippen LogP contribution < -0.4 is 5.32 Å². The predicted molar refractivity (Wildman–Crippen MR) is 91.8 cm³/mol. The van der Waals surface area contributed by atoms with Crippen molar-refractivity contribution in [3.8, 4) is 0 Å². The van der Waals surface area contributed by atoms with Gasteiger partial charge in [-0.25, -0.2) is 8.42 Å². The number of likely N-dealkylation sites (N-methyl/N-ethyl adjacent to an activating group) is 1. The third kappa shape index (κ3) is 2.98. The van der Waals surface area contributed by atoms with Crippen molar-refractivity contribution in [1.29, 1.82) is 0 Å². The fourth-order valence-corrected chi connectivity index (χ4v) is 4.17. The van der Waals surface area contributed by atoms with Crippen molar-refractivity contribution in [1.82, 2.24) is 9.88 Å². The van der Waals surface area contributed by atoms with Gasteiger partial charge >= 0.3 is 0 Å².